The number of amides is 1. The van der Waals surface area contributed by atoms with Crippen molar-refractivity contribution in [2.45, 2.75) is 0 Å². The predicted molar refractivity (Wildman–Crippen MR) is 142 cm³/mol. The first-order valence-electron chi connectivity index (χ1n) is 11.7. The molecule has 7 nitrogen and oxygen atoms in total. The van der Waals surface area contributed by atoms with Crippen molar-refractivity contribution in [3.63, 3.8) is 0 Å². The lowest BCUT2D eigenvalue weighted by Gasteiger charge is -2.36. The number of nitrogens with zero attached hydrogens (tertiary/aromatic N) is 4. The number of para-hydroxylation sites is 1. The van der Waals surface area contributed by atoms with E-state index in [2.05, 4.69) is 4.90 Å². The number of hydrogen-bond acceptors (Lipinski definition) is 5. The van der Waals surface area contributed by atoms with E-state index in [9.17, 15) is 4.79 Å². The van der Waals surface area contributed by atoms with E-state index in [-0.39, 0.29) is 5.91 Å². The van der Waals surface area contributed by atoms with Gasteiger partial charge in [-0.05, 0) is 66.7 Å². The Morgan fingerprint density at radius 1 is 0.833 bits per heavy atom. The molecular weight excluding hydrogens is 476 g/mol. The maximum Gasteiger partial charge on any atom is 0.272 e. The molecule has 36 heavy (non-hydrogen) atoms. The zero-order valence-electron chi connectivity index (χ0n) is 20.2. The van der Waals surface area contributed by atoms with Crippen LogP contribution in [0.4, 0.5) is 5.69 Å². The number of carbonyl (C=O) groups excluding carboxylic acids is 1. The van der Waals surface area contributed by atoms with Gasteiger partial charge in [0.1, 0.15) is 17.2 Å². The molecule has 184 valence electrons. The first-order chi connectivity index (χ1) is 17.6. The van der Waals surface area contributed by atoms with Crippen LogP contribution in [0.2, 0.25) is 5.02 Å². The largest absolute Gasteiger partial charge is 0.497 e. The number of aromatic nitrogens is 2. The van der Waals surface area contributed by atoms with E-state index >= 15 is 0 Å². The standard InChI is InChI=1S/C28H27ClN4O3/c1-35-22-11-7-20(8-12-22)25-19-27(33(30-25)26-6-4-3-5-24(26)29)28(34)32-17-15-31(16-18-32)21-9-13-23(36-2)14-10-21/h3-14,19H,15-18H2,1-2H3. The van der Waals surface area contributed by atoms with Gasteiger partial charge in [0, 0.05) is 37.4 Å². The molecule has 5 rings (SSSR count). The van der Waals surface area contributed by atoms with Crippen LogP contribution in [0, 0.1) is 0 Å². The van der Waals surface area contributed by atoms with Crippen molar-refractivity contribution in [1.29, 1.82) is 0 Å². The number of carbonyl (C=O) groups is 1. The normalized spacial score (nSPS) is 13.5. The molecule has 0 saturated carbocycles. The minimum absolute atomic E-state index is 0.0726. The number of benzene rings is 3. The third-order valence-electron chi connectivity index (χ3n) is 6.40. The van der Waals surface area contributed by atoms with Crippen LogP contribution < -0.4 is 14.4 Å². The second-order valence-corrected chi connectivity index (χ2v) is 8.89. The quantitative estimate of drug-likeness (QED) is 0.364. The molecule has 1 saturated heterocycles. The number of methoxy groups -OCH3 is 2. The molecule has 0 bridgehead atoms. The zero-order chi connectivity index (χ0) is 25.1. The molecule has 1 fully saturated rings. The lowest BCUT2D eigenvalue weighted by molar-refractivity contribution is 0.0737. The Labute approximate surface area is 215 Å². The molecule has 2 heterocycles. The van der Waals surface area contributed by atoms with Gasteiger partial charge >= 0.3 is 0 Å². The Morgan fingerprint density at radius 2 is 1.44 bits per heavy atom. The van der Waals surface area contributed by atoms with E-state index < -0.39 is 0 Å². The third kappa shape index (κ3) is 4.75. The molecule has 1 aliphatic rings. The topological polar surface area (TPSA) is 59.8 Å². The van der Waals surface area contributed by atoms with E-state index in [1.165, 1.54) is 0 Å². The molecule has 3 aromatic carbocycles. The van der Waals surface area contributed by atoms with Crippen molar-refractivity contribution in [3.8, 4) is 28.4 Å². The van der Waals surface area contributed by atoms with Gasteiger partial charge in [-0.15, -0.1) is 0 Å². The fraction of sp³-hybridized carbons (Fsp3) is 0.214. The Bertz CT molecular complexity index is 1340. The highest BCUT2D eigenvalue weighted by molar-refractivity contribution is 6.32. The first-order valence-corrected chi connectivity index (χ1v) is 12.1. The van der Waals surface area contributed by atoms with Gasteiger partial charge in [0.25, 0.3) is 5.91 Å². The molecule has 8 heteroatoms. The lowest BCUT2D eigenvalue weighted by Crippen LogP contribution is -2.49. The first kappa shape index (κ1) is 23.8. The van der Waals surface area contributed by atoms with Crippen LogP contribution in [0.3, 0.4) is 0 Å². The minimum Gasteiger partial charge on any atom is -0.497 e. The summed E-state index contributed by atoms with van der Waals surface area (Å²) in [5, 5.41) is 5.31. The number of halogens is 1. The number of rotatable bonds is 6. The van der Waals surface area contributed by atoms with Crippen LogP contribution in [0.5, 0.6) is 11.5 Å². The fourth-order valence-corrected chi connectivity index (χ4v) is 4.58. The molecule has 1 aromatic heterocycles. The third-order valence-corrected chi connectivity index (χ3v) is 6.72. The summed E-state index contributed by atoms with van der Waals surface area (Å²) >= 11 is 6.51. The molecule has 1 amide bonds. The average Bonchev–Trinajstić information content (AvgIpc) is 3.38. The van der Waals surface area contributed by atoms with E-state index in [1.807, 2.05) is 77.7 Å². The van der Waals surface area contributed by atoms with Crippen LogP contribution in [0.15, 0.2) is 78.9 Å². The van der Waals surface area contributed by atoms with Crippen molar-refractivity contribution in [2.24, 2.45) is 0 Å². The predicted octanol–water partition coefficient (Wildman–Crippen LogP) is 5.17. The van der Waals surface area contributed by atoms with Gasteiger partial charge in [-0.3, -0.25) is 4.79 Å². The van der Waals surface area contributed by atoms with Gasteiger partial charge in [0.2, 0.25) is 0 Å². The van der Waals surface area contributed by atoms with Crippen molar-refractivity contribution in [2.75, 3.05) is 45.3 Å². The molecule has 1 aliphatic heterocycles. The molecule has 0 aliphatic carbocycles. The highest BCUT2D eigenvalue weighted by atomic mass is 35.5. The summed E-state index contributed by atoms with van der Waals surface area (Å²) in [7, 11) is 3.29. The fourth-order valence-electron chi connectivity index (χ4n) is 4.37. The van der Waals surface area contributed by atoms with E-state index in [4.69, 9.17) is 26.2 Å². The molecule has 0 N–H and O–H groups in total. The van der Waals surface area contributed by atoms with E-state index in [0.29, 0.717) is 35.2 Å². The highest BCUT2D eigenvalue weighted by Crippen LogP contribution is 2.28. The van der Waals surface area contributed by atoms with Crippen LogP contribution in [0.25, 0.3) is 16.9 Å². The molecular formula is C28H27ClN4O3. The second-order valence-electron chi connectivity index (χ2n) is 8.48. The Kier molecular flexibility index (Phi) is 6.82. The van der Waals surface area contributed by atoms with Gasteiger partial charge in [-0.25, -0.2) is 4.68 Å². The second kappa shape index (κ2) is 10.3. The SMILES string of the molecule is COc1ccc(-c2cc(C(=O)N3CCN(c4ccc(OC)cc4)CC3)n(-c3ccccc3Cl)n2)cc1. The Balaban J connectivity index is 1.41. The minimum atomic E-state index is -0.0726. The maximum atomic E-state index is 13.7. The number of hydrogen-bond donors (Lipinski definition) is 0. The molecule has 0 radical (unpaired) electrons. The molecule has 0 unspecified atom stereocenters. The molecule has 4 aromatic rings. The van der Waals surface area contributed by atoms with Crippen LogP contribution in [0.1, 0.15) is 10.5 Å². The van der Waals surface area contributed by atoms with Crippen molar-refractivity contribution in [1.82, 2.24) is 14.7 Å². The van der Waals surface area contributed by atoms with Gasteiger partial charge in [0.15, 0.2) is 0 Å². The molecule has 0 spiro atoms. The monoisotopic (exact) mass is 502 g/mol. The summed E-state index contributed by atoms with van der Waals surface area (Å²) in [6.07, 6.45) is 0. The Hall–Kier alpha value is -3.97. The van der Waals surface area contributed by atoms with Crippen LogP contribution in [-0.4, -0.2) is 61.0 Å². The summed E-state index contributed by atoms with van der Waals surface area (Å²) in [6.45, 7) is 2.69. The van der Waals surface area contributed by atoms with E-state index in [1.54, 1.807) is 25.0 Å². The summed E-state index contributed by atoms with van der Waals surface area (Å²) in [4.78, 5) is 17.9. The van der Waals surface area contributed by atoms with Crippen molar-refractivity contribution >= 4 is 23.2 Å². The summed E-state index contributed by atoms with van der Waals surface area (Å²) in [5.74, 6) is 1.51. The number of piperazine rings is 1. The number of ether oxygens (including phenoxy) is 2. The summed E-state index contributed by atoms with van der Waals surface area (Å²) in [6, 6.07) is 24.9. The summed E-state index contributed by atoms with van der Waals surface area (Å²) in [5.41, 5.74) is 3.84. The van der Waals surface area contributed by atoms with Gasteiger partial charge < -0.3 is 19.3 Å². The van der Waals surface area contributed by atoms with Crippen LogP contribution in [-0.2, 0) is 0 Å². The van der Waals surface area contributed by atoms with Crippen molar-refractivity contribution < 1.29 is 14.3 Å². The van der Waals surface area contributed by atoms with Crippen LogP contribution >= 0.6 is 11.6 Å². The van der Waals surface area contributed by atoms with Gasteiger partial charge in [0.05, 0.1) is 30.6 Å². The van der Waals surface area contributed by atoms with E-state index in [0.717, 1.165) is 35.8 Å². The van der Waals surface area contributed by atoms with Gasteiger partial charge in [-0.1, -0.05) is 23.7 Å². The van der Waals surface area contributed by atoms with Gasteiger partial charge in [-0.2, -0.15) is 5.10 Å². The Morgan fingerprint density at radius 3 is 2.06 bits per heavy atom. The summed E-state index contributed by atoms with van der Waals surface area (Å²) < 4.78 is 12.2. The lowest BCUT2D eigenvalue weighted by atomic mass is 10.1. The maximum absolute atomic E-state index is 13.7. The average molecular weight is 503 g/mol. The molecule has 0 atom stereocenters. The highest BCUT2D eigenvalue weighted by Gasteiger charge is 2.27. The smallest absolute Gasteiger partial charge is 0.272 e. The zero-order valence-corrected chi connectivity index (χ0v) is 21.0. The van der Waals surface area contributed by atoms with Crippen molar-refractivity contribution in [3.05, 3.63) is 89.6 Å². The number of anilines is 1.